The summed E-state index contributed by atoms with van der Waals surface area (Å²) < 4.78 is 0. The number of benzene rings is 1. The summed E-state index contributed by atoms with van der Waals surface area (Å²) in [6.07, 6.45) is 3.80. The molecule has 114 valence electrons. The second kappa shape index (κ2) is 6.62. The van der Waals surface area contributed by atoms with E-state index in [9.17, 15) is 14.9 Å². The fraction of sp³-hybridized carbons (Fsp3) is 0.500. The number of nitro benzene ring substituents is 1. The van der Waals surface area contributed by atoms with Gasteiger partial charge in [0.2, 0.25) is 0 Å². The Morgan fingerprint density at radius 2 is 2.10 bits per heavy atom. The Hall–Kier alpha value is -1.33. The van der Waals surface area contributed by atoms with Gasteiger partial charge in [0.25, 0.3) is 11.6 Å². The lowest BCUT2D eigenvalue weighted by molar-refractivity contribution is -0.384. The number of rotatable bonds is 6. The summed E-state index contributed by atoms with van der Waals surface area (Å²) in [5, 5.41) is 11.0. The Morgan fingerprint density at radius 1 is 1.43 bits per heavy atom. The molecule has 1 fully saturated rings. The minimum absolute atomic E-state index is 0.0282. The van der Waals surface area contributed by atoms with Gasteiger partial charge in [0.05, 0.1) is 20.5 Å². The first-order valence-corrected chi connectivity index (χ1v) is 7.65. The molecule has 0 saturated heterocycles. The van der Waals surface area contributed by atoms with Crippen LogP contribution in [-0.4, -0.2) is 28.3 Å². The van der Waals surface area contributed by atoms with Crippen LogP contribution in [-0.2, 0) is 0 Å². The van der Waals surface area contributed by atoms with Gasteiger partial charge in [0, 0.05) is 24.7 Å². The maximum absolute atomic E-state index is 12.6. The summed E-state index contributed by atoms with van der Waals surface area (Å²) in [6, 6.07) is 2.59. The Morgan fingerprint density at radius 3 is 2.62 bits per heavy atom. The number of hydrogen-bond donors (Lipinski definition) is 0. The quantitative estimate of drug-likeness (QED) is 0.576. The lowest BCUT2D eigenvalue weighted by Gasteiger charge is -2.23. The van der Waals surface area contributed by atoms with Crippen LogP contribution >= 0.6 is 23.2 Å². The number of carbonyl (C=O) groups excluding carboxylic acids is 1. The molecule has 1 aromatic rings. The number of hydrogen-bond acceptors (Lipinski definition) is 3. The molecule has 0 unspecified atom stereocenters. The van der Waals surface area contributed by atoms with Gasteiger partial charge in [-0.05, 0) is 19.3 Å². The number of unbranched alkanes of at least 4 members (excludes halogenated alkanes) is 1. The van der Waals surface area contributed by atoms with Crippen molar-refractivity contribution in [2.75, 3.05) is 6.54 Å². The van der Waals surface area contributed by atoms with Crippen molar-refractivity contribution in [3.05, 3.63) is 37.9 Å². The minimum Gasteiger partial charge on any atom is -0.336 e. The van der Waals surface area contributed by atoms with Gasteiger partial charge in [0.1, 0.15) is 0 Å². The molecule has 1 aliphatic carbocycles. The van der Waals surface area contributed by atoms with E-state index in [4.69, 9.17) is 23.2 Å². The van der Waals surface area contributed by atoms with E-state index in [1.807, 2.05) is 6.92 Å². The van der Waals surface area contributed by atoms with Crippen LogP contribution in [0, 0.1) is 10.1 Å². The first-order valence-electron chi connectivity index (χ1n) is 6.90. The fourth-order valence-corrected chi connectivity index (χ4v) is 2.56. The van der Waals surface area contributed by atoms with E-state index in [0.717, 1.165) is 31.7 Å². The molecule has 1 aliphatic rings. The summed E-state index contributed by atoms with van der Waals surface area (Å²) in [5.74, 6) is -0.276. The van der Waals surface area contributed by atoms with Crippen molar-refractivity contribution in [2.24, 2.45) is 0 Å². The Labute approximate surface area is 133 Å². The predicted octanol–water partition coefficient (Wildman–Crippen LogP) is 4.31. The maximum atomic E-state index is 12.6. The van der Waals surface area contributed by atoms with E-state index in [1.165, 1.54) is 6.07 Å². The van der Waals surface area contributed by atoms with Crippen LogP contribution in [0.15, 0.2) is 12.1 Å². The molecule has 7 heteroatoms. The first-order chi connectivity index (χ1) is 9.95. The summed E-state index contributed by atoms with van der Waals surface area (Å²) in [6.45, 7) is 2.68. The minimum atomic E-state index is -0.577. The van der Waals surface area contributed by atoms with Gasteiger partial charge >= 0.3 is 0 Å². The van der Waals surface area contributed by atoms with E-state index in [1.54, 1.807) is 4.90 Å². The molecule has 0 heterocycles. The van der Waals surface area contributed by atoms with Gasteiger partial charge < -0.3 is 4.90 Å². The second-order valence-corrected chi connectivity index (χ2v) is 5.91. The summed E-state index contributed by atoms with van der Waals surface area (Å²) in [5.41, 5.74) is -0.113. The number of halogens is 2. The van der Waals surface area contributed by atoms with E-state index < -0.39 is 4.92 Å². The van der Waals surface area contributed by atoms with Gasteiger partial charge in [-0.3, -0.25) is 14.9 Å². The van der Waals surface area contributed by atoms with Crippen LogP contribution in [0.1, 0.15) is 43.0 Å². The molecule has 0 bridgehead atoms. The van der Waals surface area contributed by atoms with Crippen molar-refractivity contribution in [1.82, 2.24) is 4.90 Å². The Balaban J connectivity index is 2.34. The number of nitro groups is 1. The Kier molecular flexibility index (Phi) is 5.06. The second-order valence-electron chi connectivity index (χ2n) is 5.13. The third-order valence-electron chi connectivity index (χ3n) is 3.46. The topological polar surface area (TPSA) is 63.5 Å². The lowest BCUT2D eigenvalue weighted by atomic mass is 10.1. The smallest absolute Gasteiger partial charge is 0.271 e. The van der Waals surface area contributed by atoms with Crippen LogP contribution in [0.5, 0.6) is 0 Å². The van der Waals surface area contributed by atoms with Crippen LogP contribution in [0.3, 0.4) is 0 Å². The van der Waals surface area contributed by atoms with Gasteiger partial charge in [-0.1, -0.05) is 36.5 Å². The van der Waals surface area contributed by atoms with Crippen LogP contribution in [0.4, 0.5) is 5.69 Å². The average Bonchev–Trinajstić information content (AvgIpc) is 3.26. The van der Waals surface area contributed by atoms with Gasteiger partial charge in [-0.25, -0.2) is 0 Å². The molecule has 0 spiro atoms. The monoisotopic (exact) mass is 330 g/mol. The van der Waals surface area contributed by atoms with Gasteiger partial charge in [-0.15, -0.1) is 0 Å². The number of nitrogens with zero attached hydrogens (tertiary/aromatic N) is 2. The Bertz CT molecular complexity index is 574. The van der Waals surface area contributed by atoms with E-state index in [2.05, 4.69) is 0 Å². The molecule has 5 nitrogen and oxygen atoms in total. The van der Waals surface area contributed by atoms with Crippen LogP contribution in [0.2, 0.25) is 10.0 Å². The van der Waals surface area contributed by atoms with Crippen molar-refractivity contribution in [3.8, 4) is 0 Å². The normalized spacial score (nSPS) is 14.0. The predicted molar refractivity (Wildman–Crippen MR) is 82.1 cm³/mol. The largest absolute Gasteiger partial charge is 0.336 e. The van der Waals surface area contributed by atoms with Crippen molar-refractivity contribution < 1.29 is 9.72 Å². The molecule has 2 rings (SSSR count). The maximum Gasteiger partial charge on any atom is 0.271 e. The van der Waals surface area contributed by atoms with Crippen LogP contribution in [0.25, 0.3) is 0 Å². The highest BCUT2D eigenvalue weighted by molar-refractivity contribution is 6.44. The van der Waals surface area contributed by atoms with Crippen molar-refractivity contribution in [2.45, 2.75) is 38.6 Å². The van der Waals surface area contributed by atoms with Gasteiger partial charge in [-0.2, -0.15) is 0 Å². The number of carbonyl (C=O) groups is 1. The lowest BCUT2D eigenvalue weighted by Crippen LogP contribution is -2.34. The van der Waals surface area contributed by atoms with Crippen molar-refractivity contribution in [1.29, 1.82) is 0 Å². The third-order valence-corrected chi connectivity index (χ3v) is 4.26. The van der Waals surface area contributed by atoms with Gasteiger partial charge in [0.15, 0.2) is 0 Å². The molecule has 0 aromatic heterocycles. The molecule has 1 amide bonds. The zero-order chi connectivity index (χ0) is 15.6. The van der Waals surface area contributed by atoms with Crippen molar-refractivity contribution in [3.63, 3.8) is 0 Å². The molecule has 21 heavy (non-hydrogen) atoms. The highest BCUT2D eigenvalue weighted by atomic mass is 35.5. The fourth-order valence-electron chi connectivity index (χ4n) is 2.16. The molecule has 1 saturated carbocycles. The van der Waals surface area contributed by atoms with Crippen molar-refractivity contribution >= 4 is 34.8 Å². The van der Waals surface area contributed by atoms with E-state index >= 15 is 0 Å². The molecule has 0 radical (unpaired) electrons. The molecular weight excluding hydrogens is 315 g/mol. The summed E-state index contributed by atoms with van der Waals surface area (Å²) in [4.78, 5) is 24.7. The first kappa shape index (κ1) is 16.0. The van der Waals surface area contributed by atoms with E-state index in [-0.39, 0.29) is 33.2 Å². The van der Waals surface area contributed by atoms with Crippen LogP contribution < -0.4 is 0 Å². The summed E-state index contributed by atoms with van der Waals surface area (Å²) >= 11 is 12.0. The molecule has 0 N–H and O–H groups in total. The molecule has 1 aromatic carbocycles. The zero-order valence-electron chi connectivity index (χ0n) is 11.6. The SMILES string of the molecule is CCCCN(C(=O)c1cc([N+](=O)[O-])cc(Cl)c1Cl)C1CC1. The summed E-state index contributed by atoms with van der Waals surface area (Å²) in [7, 11) is 0. The standard InChI is InChI=1S/C14H16Cl2N2O3/c1-2-3-6-17(9-4-5-9)14(19)11-7-10(18(20)21)8-12(15)13(11)16/h7-9H,2-6H2,1H3. The highest BCUT2D eigenvalue weighted by Crippen LogP contribution is 2.34. The molecule has 0 atom stereocenters. The number of non-ortho nitro benzene ring substituents is 1. The molecular formula is C14H16Cl2N2O3. The highest BCUT2D eigenvalue weighted by Gasteiger charge is 2.34. The third kappa shape index (κ3) is 3.66. The molecule has 0 aliphatic heterocycles. The average molecular weight is 331 g/mol. The zero-order valence-corrected chi connectivity index (χ0v) is 13.2. The number of amides is 1. The van der Waals surface area contributed by atoms with E-state index in [0.29, 0.717) is 6.54 Å².